The Morgan fingerprint density at radius 1 is 1.16 bits per heavy atom. The minimum Gasteiger partial charge on any atom is -0.494 e. The van der Waals surface area contributed by atoms with E-state index in [1.807, 2.05) is 0 Å². The molecule has 2 aromatic carbocycles. The second-order valence-corrected chi connectivity index (χ2v) is 10.6. The average molecular weight is 642 g/mol. The second kappa shape index (κ2) is 12.2. The van der Waals surface area contributed by atoms with E-state index in [-0.39, 0.29) is 50.6 Å². The molecule has 0 fully saturated rings. The number of nitrogens with one attached hydrogen (secondary N) is 1. The van der Waals surface area contributed by atoms with Gasteiger partial charge in [-0.15, -0.1) is 0 Å². The van der Waals surface area contributed by atoms with Crippen LogP contribution < -0.4 is 26.3 Å². The maximum atomic E-state index is 14.6. The molecule has 0 aliphatic heterocycles. The number of aromatic nitrogens is 2. The number of primary amides is 1. The molecule has 6 N–H and O–H groups in total. The zero-order valence-electron chi connectivity index (χ0n) is 22.5. The van der Waals surface area contributed by atoms with Crippen LogP contribution in [0.2, 0.25) is 5.02 Å². The molecule has 0 unspecified atom stereocenters. The zero-order chi connectivity index (χ0) is 31.7. The summed E-state index contributed by atoms with van der Waals surface area (Å²) in [5.41, 5.74) is 6.01. The van der Waals surface area contributed by atoms with E-state index in [1.165, 1.54) is 25.3 Å². The van der Waals surface area contributed by atoms with Crippen LogP contribution in [0.25, 0.3) is 21.5 Å². The number of anilines is 1. The predicted molar refractivity (Wildman–Crippen MR) is 152 cm³/mol. The average Bonchev–Trinajstić information content (AvgIpc) is 3.32. The van der Waals surface area contributed by atoms with E-state index in [4.69, 9.17) is 32.5 Å². The van der Waals surface area contributed by atoms with Crippen LogP contribution in [-0.2, 0) is 16.8 Å². The van der Waals surface area contributed by atoms with Gasteiger partial charge < -0.3 is 31.4 Å². The number of methoxy groups -OCH3 is 1. The summed E-state index contributed by atoms with van der Waals surface area (Å²) in [6.45, 7) is 0.170. The lowest BCUT2D eigenvalue weighted by atomic mass is 9.93. The minimum atomic E-state index is -5.40. The van der Waals surface area contributed by atoms with Crippen molar-refractivity contribution in [1.29, 1.82) is 0 Å². The van der Waals surface area contributed by atoms with Gasteiger partial charge >= 0.3 is 6.18 Å². The van der Waals surface area contributed by atoms with Crippen molar-refractivity contribution in [2.45, 2.75) is 25.1 Å². The maximum Gasteiger partial charge on any atom is 0.424 e. The largest absolute Gasteiger partial charge is 0.494 e. The van der Waals surface area contributed by atoms with Crippen LogP contribution in [0.4, 0.5) is 22.7 Å². The molecule has 0 saturated carbocycles. The number of alkyl halides is 3. The molecule has 16 heteroatoms. The summed E-state index contributed by atoms with van der Waals surface area (Å²) < 4.78 is 69.4. The number of fused-ring (bicyclic) bond motifs is 1. The number of thiazole rings is 1. The summed E-state index contributed by atoms with van der Waals surface area (Å²) in [7, 11) is 1.32. The number of pyridine rings is 1. The molecule has 1 atom stereocenters. The van der Waals surface area contributed by atoms with Gasteiger partial charge in [-0.25, -0.2) is 14.4 Å². The van der Waals surface area contributed by atoms with E-state index in [2.05, 4.69) is 15.3 Å². The Balaban J connectivity index is 1.82. The Hall–Kier alpha value is -4.21. The van der Waals surface area contributed by atoms with E-state index in [0.717, 1.165) is 29.5 Å². The van der Waals surface area contributed by atoms with E-state index in [0.29, 0.717) is 10.2 Å². The van der Waals surface area contributed by atoms with Crippen LogP contribution in [0.5, 0.6) is 11.5 Å². The number of nitrogens with two attached hydrogens (primary N) is 2. The highest BCUT2D eigenvalue weighted by Crippen LogP contribution is 2.42. The van der Waals surface area contributed by atoms with Crippen molar-refractivity contribution in [3.05, 3.63) is 64.1 Å². The first-order valence-electron chi connectivity index (χ1n) is 12.4. The molecule has 0 aliphatic carbocycles. The number of hydrogen-bond donors (Lipinski definition) is 4. The molecule has 2 amide bonds. The number of ether oxygens (including phenoxy) is 2. The molecule has 0 aliphatic rings. The second-order valence-electron chi connectivity index (χ2n) is 9.17. The third kappa shape index (κ3) is 6.43. The molecular weight excluding hydrogens is 618 g/mol. The molecule has 10 nitrogen and oxygen atoms in total. The number of aliphatic hydroxyl groups is 1. The number of hydrogen-bond acceptors (Lipinski definition) is 9. The molecule has 0 radical (unpaired) electrons. The smallest absolute Gasteiger partial charge is 0.424 e. The van der Waals surface area contributed by atoms with Crippen LogP contribution in [-0.4, -0.2) is 53.3 Å². The number of rotatable bonds is 10. The predicted octanol–water partition coefficient (Wildman–Crippen LogP) is 4.35. The van der Waals surface area contributed by atoms with Crippen LogP contribution in [0.15, 0.2) is 36.4 Å². The highest BCUT2D eigenvalue weighted by Gasteiger charge is 2.56. The fraction of sp³-hybridized carbons (Fsp3) is 0.259. The van der Waals surface area contributed by atoms with Crippen molar-refractivity contribution < 1.29 is 41.7 Å². The Morgan fingerprint density at radius 3 is 2.49 bits per heavy atom. The molecule has 4 rings (SSSR count). The molecule has 2 aromatic heterocycles. The van der Waals surface area contributed by atoms with Gasteiger partial charge in [-0.3, -0.25) is 9.59 Å². The summed E-state index contributed by atoms with van der Waals surface area (Å²) in [4.78, 5) is 33.0. The van der Waals surface area contributed by atoms with Crippen molar-refractivity contribution in [3.8, 4) is 22.8 Å². The highest BCUT2D eigenvalue weighted by atomic mass is 35.5. The fourth-order valence-electron chi connectivity index (χ4n) is 4.21. The lowest BCUT2D eigenvalue weighted by molar-refractivity contribution is -0.265. The number of nitrogens with zero attached hydrogens (tertiary/aromatic N) is 2. The zero-order valence-corrected chi connectivity index (χ0v) is 24.1. The van der Waals surface area contributed by atoms with Crippen molar-refractivity contribution in [2.75, 3.05) is 26.0 Å². The number of amides is 2. The van der Waals surface area contributed by atoms with Crippen molar-refractivity contribution >= 4 is 50.1 Å². The fourth-order valence-corrected chi connectivity index (χ4v) is 5.12. The van der Waals surface area contributed by atoms with Crippen LogP contribution in [0.1, 0.15) is 28.5 Å². The van der Waals surface area contributed by atoms with E-state index in [9.17, 15) is 32.3 Å². The number of carbonyl (C=O) groups is 2. The van der Waals surface area contributed by atoms with Crippen molar-refractivity contribution in [3.63, 3.8) is 0 Å². The Morgan fingerprint density at radius 2 is 1.88 bits per heavy atom. The molecule has 4 aromatic rings. The molecule has 228 valence electrons. The minimum absolute atomic E-state index is 0.00529. The van der Waals surface area contributed by atoms with Gasteiger partial charge in [0, 0.05) is 16.7 Å². The van der Waals surface area contributed by atoms with Gasteiger partial charge in [0.1, 0.15) is 28.5 Å². The summed E-state index contributed by atoms with van der Waals surface area (Å²) in [6.07, 6.45) is -6.01. The van der Waals surface area contributed by atoms with E-state index in [1.54, 1.807) is 6.92 Å². The standard InChI is InChI=1S/C27H24ClF4N5O5S/c1-3-42-23-13(10-20(33)38)9-19(36-21(23)12-4-5-15(28)16(29)6-12)26(40,27(30,31)32)11-35-24(39)14-7-17(41-2)22-18(8-14)43-25(34)37-22/h4-9,40H,3,10-11H2,1-2H3,(H2,33,38)(H2,34,37)(H,35,39)/t26-/m0/s1. The first-order chi connectivity index (χ1) is 20.2. The lowest BCUT2D eigenvalue weighted by Crippen LogP contribution is -2.51. The summed E-state index contributed by atoms with van der Waals surface area (Å²) in [5.74, 6) is -2.81. The lowest BCUT2D eigenvalue weighted by Gasteiger charge is -2.31. The van der Waals surface area contributed by atoms with Gasteiger partial charge in [-0.2, -0.15) is 13.2 Å². The van der Waals surface area contributed by atoms with Gasteiger partial charge in [-0.1, -0.05) is 29.0 Å². The number of carbonyl (C=O) groups excluding carboxylic acids is 2. The molecule has 0 spiro atoms. The van der Waals surface area contributed by atoms with E-state index >= 15 is 0 Å². The first-order valence-corrected chi connectivity index (χ1v) is 13.6. The highest BCUT2D eigenvalue weighted by molar-refractivity contribution is 7.22. The Bertz CT molecular complexity index is 1720. The van der Waals surface area contributed by atoms with Crippen molar-refractivity contribution in [1.82, 2.24) is 15.3 Å². The normalized spacial score (nSPS) is 13.0. The van der Waals surface area contributed by atoms with Gasteiger partial charge in [0.2, 0.25) is 11.5 Å². The molecular formula is C27H24ClF4N5O5S. The van der Waals surface area contributed by atoms with Crippen LogP contribution in [0.3, 0.4) is 0 Å². The molecule has 0 saturated heterocycles. The summed E-state index contributed by atoms with van der Waals surface area (Å²) in [5, 5.41) is 13.1. The molecule has 2 heterocycles. The van der Waals surface area contributed by atoms with Gasteiger partial charge in [0.05, 0.1) is 42.1 Å². The van der Waals surface area contributed by atoms with E-state index < -0.39 is 48.1 Å². The first kappa shape index (κ1) is 31.7. The SMILES string of the molecule is CCOc1c(CC(N)=O)cc([C@@](O)(CNC(=O)c2cc(OC)c3nc(N)sc3c2)C(F)(F)F)nc1-c1ccc(Cl)c(F)c1. The van der Waals surface area contributed by atoms with Gasteiger partial charge in [0.25, 0.3) is 5.91 Å². The third-order valence-electron chi connectivity index (χ3n) is 6.25. The van der Waals surface area contributed by atoms with Crippen molar-refractivity contribution in [2.24, 2.45) is 5.73 Å². The third-order valence-corrected chi connectivity index (χ3v) is 7.39. The summed E-state index contributed by atoms with van der Waals surface area (Å²) in [6, 6.07) is 6.77. The Labute approximate surface area is 250 Å². The number of halogens is 5. The molecule has 0 bridgehead atoms. The number of benzene rings is 2. The van der Waals surface area contributed by atoms with Crippen LogP contribution >= 0.6 is 22.9 Å². The van der Waals surface area contributed by atoms with Crippen LogP contribution in [0, 0.1) is 5.82 Å². The quantitative estimate of drug-likeness (QED) is 0.186. The molecule has 43 heavy (non-hydrogen) atoms. The topological polar surface area (TPSA) is 163 Å². The summed E-state index contributed by atoms with van der Waals surface area (Å²) >= 11 is 6.81. The van der Waals surface area contributed by atoms with Gasteiger partial charge in [-0.05, 0) is 37.3 Å². The monoisotopic (exact) mass is 641 g/mol. The van der Waals surface area contributed by atoms with Gasteiger partial charge in [0.15, 0.2) is 5.13 Å². The Kier molecular flexibility index (Phi) is 8.99. The maximum absolute atomic E-state index is 14.6. The number of nitrogen functional groups attached to an aromatic ring is 1.